The third kappa shape index (κ3) is 5.20. The summed E-state index contributed by atoms with van der Waals surface area (Å²) in [6, 6.07) is 22.1. The first-order valence-electron chi connectivity index (χ1n) is 9.79. The van der Waals surface area contributed by atoms with Crippen molar-refractivity contribution in [3.05, 3.63) is 89.5 Å². The SMILES string of the molecule is CC(c1ccc(O)cc1)(c1ccc(O)cc1)c1ccc(OCCCCS(=O)O)cc1. The van der Waals surface area contributed by atoms with Crippen molar-refractivity contribution >= 4 is 11.1 Å². The highest BCUT2D eigenvalue weighted by Gasteiger charge is 2.31. The molecular weight excluding hydrogens is 400 g/mol. The molecule has 30 heavy (non-hydrogen) atoms. The van der Waals surface area contributed by atoms with E-state index in [-0.39, 0.29) is 17.3 Å². The normalized spacial score (nSPS) is 12.5. The van der Waals surface area contributed by atoms with Gasteiger partial charge in [-0.3, -0.25) is 0 Å². The molecule has 0 saturated carbocycles. The van der Waals surface area contributed by atoms with E-state index >= 15 is 0 Å². The van der Waals surface area contributed by atoms with E-state index in [2.05, 4.69) is 6.92 Å². The van der Waals surface area contributed by atoms with Crippen LogP contribution in [0.5, 0.6) is 17.2 Å². The van der Waals surface area contributed by atoms with Gasteiger partial charge in [0.2, 0.25) is 0 Å². The Labute approximate surface area is 179 Å². The summed E-state index contributed by atoms with van der Waals surface area (Å²) < 4.78 is 25.2. The van der Waals surface area contributed by atoms with Crippen molar-refractivity contribution in [1.82, 2.24) is 0 Å². The molecule has 0 radical (unpaired) electrons. The minimum atomic E-state index is -1.75. The molecule has 0 heterocycles. The number of hydrogen-bond acceptors (Lipinski definition) is 4. The van der Waals surface area contributed by atoms with E-state index in [4.69, 9.17) is 9.29 Å². The molecular formula is C24H26O5S. The van der Waals surface area contributed by atoms with Gasteiger partial charge in [-0.05, 0) is 72.9 Å². The second-order valence-corrected chi connectivity index (χ2v) is 8.38. The second-order valence-electron chi connectivity index (χ2n) is 7.32. The average Bonchev–Trinajstić information content (AvgIpc) is 2.74. The lowest BCUT2D eigenvalue weighted by atomic mass is 9.71. The standard InChI is InChI=1S/C24H26O5S/c1-24(18-4-10-21(25)11-5-18,19-6-12-22(26)13-7-19)20-8-14-23(15-9-20)29-16-2-3-17-30(27)28/h4-15,25-26H,2-3,16-17H2,1H3,(H,27,28). The molecule has 0 aliphatic rings. The van der Waals surface area contributed by atoms with Crippen LogP contribution in [-0.2, 0) is 16.5 Å². The summed E-state index contributed by atoms with van der Waals surface area (Å²) >= 11 is -1.75. The van der Waals surface area contributed by atoms with Crippen LogP contribution in [-0.4, -0.2) is 31.3 Å². The molecule has 6 heteroatoms. The van der Waals surface area contributed by atoms with Gasteiger partial charge in [0, 0.05) is 11.2 Å². The zero-order valence-electron chi connectivity index (χ0n) is 16.8. The minimum absolute atomic E-state index is 0.209. The van der Waals surface area contributed by atoms with Crippen LogP contribution in [0.3, 0.4) is 0 Å². The summed E-state index contributed by atoms with van der Waals surface area (Å²) in [6.45, 7) is 2.60. The van der Waals surface area contributed by atoms with Crippen molar-refractivity contribution in [2.24, 2.45) is 0 Å². The molecule has 5 nitrogen and oxygen atoms in total. The van der Waals surface area contributed by atoms with Gasteiger partial charge in [0.25, 0.3) is 0 Å². The highest BCUT2D eigenvalue weighted by molar-refractivity contribution is 7.79. The largest absolute Gasteiger partial charge is 0.508 e. The van der Waals surface area contributed by atoms with Crippen molar-refractivity contribution in [2.75, 3.05) is 12.4 Å². The van der Waals surface area contributed by atoms with Crippen LogP contribution in [0.1, 0.15) is 36.5 Å². The lowest BCUT2D eigenvalue weighted by molar-refractivity contribution is 0.309. The van der Waals surface area contributed by atoms with E-state index in [9.17, 15) is 14.4 Å². The first-order valence-corrected chi connectivity index (χ1v) is 11.1. The van der Waals surface area contributed by atoms with Gasteiger partial charge in [0.15, 0.2) is 11.1 Å². The van der Waals surface area contributed by atoms with Crippen molar-refractivity contribution in [3.8, 4) is 17.2 Å². The maximum absolute atomic E-state index is 10.7. The summed E-state index contributed by atoms with van der Waals surface area (Å²) in [4.78, 5) is 0. The molecule has 0 saturated heterocycles. The van der Waals surface area contributed by atoms with E-state index in [1.54, 1.807) is 24.3 Å². The zero-order chi connectivity index (χ0) is 21.6. The molecule has 3 rings (SSSR count). The Kier molecular flexibility index (Phi) is 7.13. The topological polar surface area (TPSA) is 87.0 Å². The predicted molar refractivity (Wildman–Crippen MR) is 119 cm³/mol. The lowest BCUT2D eigenvalue weighted by Gasteiger charge is -2.32. The molecule has 0 spiro atoms. The third-order valence-corrected chi connectivity index (χ3v) is 5.94. The van der Waals surface area contributed by atoms with Crippen LogP contribution >= 0.6 is 0 Å². The van der Waals surface area contributed by atoms with Crippen LogP contribution in [0.15, 0.2) is 72.8 Å². The van der Waals surface area contributed by atoms with E-state index in [0.717, 1.165) is 22.4 Å². The number of aromatic hydroxyl groups is 2. The highest BCUT2D eigenvalue weighted by Crippen LogP contribution is 2.40. The van der Waals surface area contributed by atoms with Crippen molar-refractivity contribution in [1.29, 1.82) is 0 Å². The predicted octanol–water partition coefficient (Wildman–Crippen LogP) is 4.83. The fourth-order valence-electron chi connectivity index (χ4n) is 3.49. The fourth-order valence-corrected chi connectivity index (χ4v) is 3.94. The smallest absolute Gasteiger partial charge is 0.152 e. The molecule has 3 aromatic rings. The van der Waals surface area contributed by atoms with Crippen molar-refractivity contribution in [3.63, 3.8) is 0 Å². The molecule has 0 aliphatic heterocycles. The molecule has 3 aromatic carbocycles. The third-order valence-electron chi connectivity index (χ3n) is 5.30. The van der Waals surface area contributed by atoms with Gasteiger partial charge in [-0.1, -0.05) is 36.4 Å². The molecule has 0 bridgehead atoms. The molecule has 1 atom stereocenters. The van der Waals surface area contributed by atoms with Crippen LogP contribution in [0, 0.1) is 0 Å². The first kappa shape index (κ1) is 21.9. The highest BCUT2D eigenvalue weighted by atomic mass is 32.2. The molecule has 0 aliphatic carbocycles. The number of phenolic OH excluding ortho intramolecular Hbond substituents is 2. The zero-order valence-corrected chi connectivity index (χ0v) is 17.6. The number of phenols is 2. The lowest BCUT2D eigenvalue weighted by Crippen LogP contribution is -2.25. The van der Waals surface area contributed by atoms with Gasteiger partial charge in [-0.15, -0.1) is 0 Å². The number of ether oxygens (including phenoxy) is 1. The van der Waals surface area contributed by atoms with Crippen molar-refractivity contribution < 1.29 is 23.7 Å². The van der Waals surface area contributed by atoms with Gasteiger partial charge in [0.1, 0.15) is 17.2 Å². The van der Waals surface area contributed by atoms with Gasteiger partial charge in [0.05, 0.1) is 6.61 Å². The van der Waals surface area contributed by atoms with E-state index in [0.29, 0.717) is 19.4 Å². The Balaban J connectivity index is 1.84. The van der Waals surface area contributed by atoms with E-state index in [1.807, 2.05) is 48.5 Å². The Morgan fingerprint density at radius 3 is 1.63 bits per heavy atom. The molecule has 158 valence electrons. The van der Waals surface area contributed by atoms with Crippen LogP contribution in [0.2, 0.25) is 0 Å². The van der Waals surface area contributed by atoms with Crippen molar-refractivity contribution in [2.45, 2.75) is 25.2 Å². The Bertz CT molecular complexity index is 920. The fraction of sp³-hybridized carbons (Fsp3) is 0.250. The quantitative estimate of drug-likeness (QED) is 0.259. The first-order chi connectivity index (χ1) is 14.4. The second kappa shape index (κ2) is 9.78. The Morgan fingerprint density at radius 1 is 0.767 bits per heavy atom. The monoisotopic (exact) mass is 426 g/mol. The van der Waals surface area contributed by atoms with E-state index in [1.165, 1.54) is 0 Å². The summed E-state index contributed by atoms with van der Waals surface area (Å²) in [5.41, 5.74) is 2.57. The molecule has 0 aromatic heterocycles. The summed E-state index contributed by atoms with van der Waals surface area (Å²) in [5.74, 6) is 1.42. The molecule has 1 unspecified atom stereocenters. The Morgan fingerprint density at radius 2 is 1.20 bits per heavy atom. The number of benzene rings is 3. The Hall–Kier alpha value is -2.83. The number of hydrogen-bond donors (Lipinski definition) is 3. The van der Waals surface area contributed by atoms with Gasteiger partial charge >= 0.3 is 0 Å². The van der Waals surface area contributed by atoms with Crippen LogP contribution < -0.4 is 4.74 Å². The van der Waals surface area contributed by atoms with Crippen LogP contribution in [0.25, 0.3) is 0 Å². The molecule has 3 N–H and O–H groups in total. The minimum Gasteiger partial charge on any atom is -0.508 e. The number of rotatable bonds is 9. The van der Waals surface area contributed by atoms with Gasteiger partial charge in [-0.25, -0.2) is 4.21 Å². The van der Waals surface area contributed by atoms with E-state index < -0.39 is 16.5 Å². The average molecular weight is 427 g/mol. The summed E-state index contributed by atoms with van der Waals surface area (Å²) in [5, 5.41) is 19.4. The summed E-state index contributed by atoms with van der Waals surface area (Å²) in [7, 11) is 0. The molecule has 0 fully saturated rings. The molecule has 0 amide bonds. The van der Waals surface area contributed by atoms with Crippen LogP contribution in [0.4, 0.5) is 0 Å². The van der Waals surface area contributed by atoms with Gasteiger partial charge in [-0.2, -0.15) is 0 Å². The number of unbranched alkanes of at least 4 members (excludes halogenated alkanes) is 1. The maximum atomic E-state index is 10.7. The summed E-state index contributed by atoms with van der Waals surface area (Å²) in [6.07, 6.45) is 1.35. The van der Waals surface area contributed by atoms with Gasteiger partial charge < -0.3 is 19.5 Å². The maximum Gasteiger partial charge on any atom is 0.152 e.